The van der Waals surface area contributed by atoms with Crippen LogP contribution in [0.5, 0.6) is 0 Å². The van der Waals surface area contributed by atoms with Crippen molar-refractivity contribution >= 4 is 70.4 Å². The average Bonchev–Trinajstić information content (AvgIpc) is 4.01. The number of nitrogens with zero attached hydrogens (tertiary/aromatic N) is 2. The molecule has 0 fully saturated rings. The first-order chi connectivity index (χ1) is 31.7. The van der Waals surface area contributed by atoms with Crippen LogP contribution in [-0.4, -0.2) is 4.57 Å². The Balaban J connectivity index is 1.01. The molecule has 0 aliphatic heterocycles. The summed E-state index contributed by atoms with van der Waals surface area (Å²) in [4.78, 5) is 2.44. The minimum Gasteiger partial charge on any atom is -0.310 e. The molecular formula is C61H40N2S. The summed E-state index contributed by atoms with van der Waals surface area (Å²) in [5.74, 6) is 0. The van der Waals surface area contributed by atoms with Gasteiger partial charge < -0.3 is 9.47 Å². The Kier molecular flexibility index (Phi) is 8.34. The number of fused-ring (bicyclic) bond motifs is 9. The predicted molar refractivity (Wildman–Crippen MR) is 271 cm³/mol. The Morgan fingerprint density at radius 3 is 1.64 bits per heavy atom. The van der Waals surface area contributed by atoms with Gasteiger partial charge in [-0.3, -0.25) is 0 Å². The SMILES string of the molecule is c1ccc(C2(c3ccccc3)c3ccccc3-c3cc(N(c4ccc(-n5c6ccccc6c6ccccc65)cc4)c4cccc(-c5ccc6sc7ccccc7c6c5)c4)ccc32)cc1. The largest absolute Gasteiger partial charge is 0.310 e. The summed E-state index contributed by atoms with van der Waals surface area (Å²) in [5, 5.41) is 5.13. The Bertz CT molecular complexity index is 3640. The smallest absolute Gasteiger partial charge is 0.0713 e. The summed E-state index contributed by atoms with van der Waals surface area (Å²) in [6, 6.07) is 89.6. The molecule has 0 unspecified atom stereocenters. The molecule has 0 amide bonds. The van der Waals surface area contributed by atoms with Crippen LogP contribution in [-0.2, 0) is 5.41 Å². The molecule has 64 heavy (non-hydrogen) atoms. The second-order valence-corrected chi connectivity index (χ2v) is 17.9. The first kappa shape index (κ1) is 36.7. The maximum atomic E-state index is 2.44. The van der Waals surface area contributed by atoms with Crippen LogP contribution in [0.2, 0.25) is 0 Å². The molecule has 0 radical (unpaired) electrons. The summed E-state index contributed by atoms with van der Waals surface area (Å²) >= 11 is 1.86. The number of anilines is 3. The number of hydrogen-bond acceptors (Lipinski definition) is 2. The van der Waals surface area contributed by atoms with Gasteiger partial charge in [0.2, 0.25) is 0 Å². The third-order valence-corrected chi connectivity index (χ3v) is 14.6. The zero-order valence-electron chi connectivity index (χ0n) is 34.9. The molecule has 0 saturated heterocycles. The molecule has 0 bridgehead atoms. The Morgan fingerprint density at radius 2 is 0.906 bits per heavy atom. The molecule has 0 N–H and O–H groups in total. The highest BCUT2D eigenvalue weighted by molar-refractivity contribution is 7.25. The summed E-state index contributed by atoms with van der Waals surface area (Å²) in [6.07, 6.45) is 0. The number of rotatable bonds is 7. The zero-order chi connectivity index (χ0) is 42.2. The number of aromatic nitrogens is 1. The Morgan fingerprint density at radius 1 is 0.344 bits per heavy atom. The highest BCUT2D eigenvalue weighted by Gasteiger charge is 2.46. The lowest BCUT2D eigenvalue weighted by molar-refractivity contribution is 0.768. The van der Waals surface area contributed by atoms with E-state index < -0.39 is 5.41 Å². The summed E-state index contributed by atoms with van der Waals surface area (Å²) in [6.45, 7) is 0. The average molecular weight is 833 g/mol. The van der Waals surface area contributed by atoms with Crippen molar-refractivity contribution in [3.63, 3.8) is 0 Å². The second-order valence-electron chi connectivity index (χ2n) is 16.8. The molecule has 0 spiro atoms. The van der Waals surface area contributed by atoms with Crippen molar-refractivity contribution in [3.05, 3.63) is 265 Å². The van der Waals surface area contributed by atoms with Crippen LogP contribution in [0, 0.1) is 0 Å². The third kappa shape index (κ3) is 5.51. The van der Waals surface area contributed by atoms with Crippen LogP contribution in [0.4, 0.5) is 17.1 Å². The van der Waals surface area contributed by atoms with E-state index in [0.717, 1.165) is 22.7 Å². The molecule has 10 aromatic carbocycles. The number of thiophene rings is 1. The molecule has 1 aliphatic carbocycles. The van der Waals surface area contributed by atoms with Crippen LogP contribution in [0.25, 0.3) is 69.9 Å². The highest BCUT2D eigenvalue weighted by Crippen LogP contribution is 2.57. The van der Waals surface area contributed by atoms with Gasteiger partial charge >= 0.3 is 0 Å². The minimum atomic E-state index is -0.466. The number of para-hydroxylation sites is 2. The molecule has 3 heteroatoms. The van der Waals surface area contributed by atoms with Crippen molar-refractivity contribution < 1.29 is 0 Å². The van der Waals surface area contributed by atoms with Crippen molar-refractivity contribution in [3.8, 4) is 27.9 Å². The van der Waals surface area contributed by atoms with Gasteiger partial charge in [0.1, 0.15) is 0 Å². The van der Waals surface area contributed by atoms with E-state index in [0.29, 0.717) is 0 Å². The van der Waals surface area contributed by atoms with E-state index in [9.17, 15) is 0 Å². The van der Waals surface area contributed by atoms with Gasteiger partial charge in [-0.05, 0) is 123 Å². The van der Waals surface area contributed by atoms with E-state index in [1.807, 2.05) is 11.3 Å². The summed E-state index contributed by atoms with van der Waals surface area (Å²) < 4.78 is 5.02. The van der Waals surface area contributed by atoms with Gasteiger partial charge in [-0.25, -0.2) is 0 Å². The number of benzene rings is 10. The fourth-order valence-electron chi connectivity index (χ4n) is 10.7. The van der Waals surface area contributed by atoms with Crippen LogP contribution in [0.15, 0.2) is 243 Å². The minimum absolute atomic E-state index is 0.466. The first-order valence-electron chi connectivity index (χ1n) is 22.0. The fourth-order valence-corrected chi connectivity index (χ4v) is 11.8. The van der Waals surface area contributed by atoms with E-state index in [2.05, 4.69) is 252 Å². The van der Waals surface area contributed by atoms with Crippen LogP contribution in [0.1, 0.15) is 22.3 Å². The van der Waals surface area contributed by atoms with E-state index >= 15 is 0 Å². The van der Waals surface area contributed by atoms with E-state index in [-0.39, 0.29) is 0 Å². The standard InChI is InChI=1S/C61H40N2S/c1-3-17-43(18-4-1)61(44-19-5-2-6-20-44)55-26-11-7-22-49(55)53-40-48(35-36-56(53)61)62(45-31-33-46(34-32-45)63-57-27-12-8-23-50(57)51-24-9-13-28-58(51)63)47-21-15-16-41(38-47)42-30-37-60-54(39-42)52-25-10-14-29-59(52)64-60/h1-40H. The Hall–Kier alpha value is -7.98. The van der Waals surface area contributed by atoms with Crippen molar-refractivity contribution in [2.75, 3.05) is 4.90 Å². The number of hydrogen-bond donors (Lipinski definition) is 0. The third-order valence-electron chi connectivity index (χ3n) is 13.5. The molecule has 13 rings (SSSR count). The molecule has 2 heterocycles. The van der Waals surface area contributed by atoms with Gasteiger partial charge in [-0.1, -0.05) is 164 Å². The van der Waals surface area contributed by atoms with Crippen molar-refractivity contribution in [2.45, 2.75) is 5.41 Å². The van der Waals surface area contributed by atoms with Crippen LogP contribution < -0.4 is 4.90 Å². The highest BCUT2D eigenvalue weighted by atomic mass is 32.1. The molecule has 1 aliphatic rings. The monoisotopic (exact) mass is 832 g/mol. The lowest BCUT2D eigenvalue weighted by Gasteiger charge is -2.34. The van der Waals surface area contributed by atoms with Crippen LogP contribution >= 0.6 is 11.3 Å². The first-order valence-corrected chi connectivity index (χ1v) is 22.8. The van der Waals surface area contributed by atoms with E-state index in [4.69, 9.17) is 0 Å². The van der Waals surface area contributed by atoms with Crippen molar-refractivity contribution in [1.82, 2.24) is 4.57 Å². The molecule has 0 atom stereocenters. The molecule has 2 nitrogen and oxygen atoms in total. The van der Waals surface area contributed by atoms with Gasteiger partial charge in [0, 0.05) is 53.7 Å². The summed E-state index contributed by atoms with van der Waals surface area (Å²) in [5.41, 5.74) is 16.4. The molecule has 2 aromatic heterocycles. The van der Waals surface area contributed by atoms with Gasteiger partial charge in [-0.15, -0.1) is 11.3 Å². The molecule has 12 aromatic rings. The molecule has 300 valence electrons. The predicted octanol–water partition coefficient (Wildman–Crippen LogP) is 16.7. The topological polar surface area (TPSA) is 8.17 Å². The van der Waals surface area contributed by atoms with E-state index in [1.54, 1.807) is 0 Å². The zero-order valence-corrected chi connectivity index (χ0v) is 35.7. The molecule has 0 saturated carbocycles. The summed E-state index contributed by atoms with van der Waals surface area (Å²) in [7, 11) is 0. The second kappa shape index (κ2) is 14.6. The maximum Gasteiger partial charge on any atom is 0.0713 e. The lowest BCUT2D eigenvalue weighted by Crippen LogP contribution is -2.28. The van der Waals surface area contributed by atoms with E-state index in [1.165, 1.54) is 86.5 Å². The normalized spacial score (nSPS) is 12.8. The van der Waals surface area contributed by atoms with Crippen molar-refractivity contribution in [1.29, 1.82) is 0 Å². The van der Waals surface area contributed by atoms with Gasteiger partial charge in [0.05, 0.1) is 16.4 Å². The van der Waals surface area contributed by atoms with Crippen molar-refractivity contribution in [2.24, 2.45) is 0 Å². The van der Waals surface area contributed by atoms with Gasteiger partial charge in [-0.2, -0.15) is 0 Å². The van der Waals surface area contributed by atoms with Crippen LogP contribution in [0.3, 0.4) is 0 Å². The van der Waals surface area contributed by atoms with Gasteiger partial charge in [0.25, 0.3) is 0 Å². The fraction of sp³-hybridized carbons (Fsp3) is 0.0164. The quantitative estimate of drug-likeness (QED) is 0.155. The Labute approximate surface area is 376 Å². The maximum absolute atomic E-state index is 2.44. The lowest BCUT2D eigenvalue weighted by atomic mass is 9.68. The molecular weight excluding hydrogens is 793 g/mol. The van der Waals surface area contributed by atoms with Gasteiger partial charge in [0.15, 0.2) is 0 Å².